The Hall–Kier alpha value is -3.45. The molecular formula is C28H28N2O4. The zero-order chi connectivity index (χ0) is 23.8. The Labute approximate surface area is 198 Å². The summed E-state index contributed by atoms with van der Waals surface area (Å²) in [5.74, 6) is 1.55. The number of nitrogens with zero attached hydrogens (tertiary/aromatic N) is 2. The molecule has 4 aromatic rings. The van der Waals surface area contributed by atoms with Crippen molar-refractivity contribution in [1.82, 2.24) is 4.98 Å². The van der Waals surface area contributed by atoms with Gasteiger partial charge < -0.3 is 25.0 Å². The molecule has 0 amide bonds. The average Bonchev–Trinajstić information content (AvgIpc) is 2.87. The van der Waals surface area contributed by atoms with Crippen molar-refractivity contribution in [3.63, 3.8) is 0 Å². The van der Waals surface area contributed by atoms with Crippen molar-refractivity contribution in [2.24, 2.45) is 0 Å². The molecule has 0 aliphatic carbocycles. The number of rotatable bonds is 5. The normalized spacial score (nSPS) is 15.4. The molecule has 0 unspecified atom stereocenters. The lowest BCUT2D eigenvalue weighted by Gasteiger charge is -2.33. The first-order valence-electron chi connectivity index (χ1n) is 11.4. The molecular weight excluding hydrogens is 428 g/mol. The van der Waals surface area contributed by atoms with E-state index in [0.29, 0.717) is 24.1 Å². The Morgan fingerprint density at radius 2 is 1.88 bits per heavy atom. The molecule has 1 aliphatic heterocycles. The van der Waals surface area contributed by atoms with Gasteiger partial charge in [-0.25, -0.2) is 4.98 Å². The van der Waals surface area contributed by atoms with E-state index in [0.717, 1.165) is 50.3 Å². The van der Waals surface area contributed by atoms with Gasteiger partial charge in [0, 0.05) is 24.0 Å². The molecule has 34 heavy (non-hydrogen) atoms. The van der Waals surface area contributed by atoms with Crippen LogP contribution in [0.1, 0.15) is 34.8 Å². The van der Waals surface area contributed by atoms with Crippen LogP contribution in [0.15, 0.2) is 60.8 Å². The number of anilines is 2. The number of fused-ring (bicyclic) bond motifs is 2. The van der Waals surface area contributed by atoms with Crippen molar-refractivity contribution in [2.75, 3.05) is 18.6 Å². The molecule has 5 rings (SSSR count). The van der Waals surface area contributed by atoms with Crippen LogP contribution >= 0.6 is 0 Å². The summed E-state index contributed by atoms with van der Waals surface area (Å²) in [6, 6.07) is 17.8. The lowest BCUT2D eigenvalue weighted by Crippen LogP contribution is -2.27. The number of para-hydroxylation sites is 1. The second kappa shape index (κ2) is 9.06. The van der Waals surface area contributed by atoms with Gasteiger partial charge >= 0.3 is 0 Å². The van der Waals surface area contributed by atoms with E-state index in [1.807, 2.05) is 55.5 Å². The molecule has 0 spiro atoms. The number of aryl methyl sites for hydroxylation is 1. The van der Waals surface area contributed by atoms with Gasteiger partial charge in [0.05, 0.1) is 26.4 Å². The van der Waals surface area contributed by atoms with Gasteiger partial charge in [-0.15, -0.1) is 0 Å². The van der Waals surface area contributed by atoms with Crippen molar-refractivity contribution in [3.05, 3.63) is 83.0 Å². The van der Waals surface area contributed by atoms with Crippen LogP contribution in [0, 0.1) is 6.92 Å². The first-order chi connectivity index (χ1) is 16.5. The number of aromatic nitrogens is 1. The van der Waals surface area contributed by atoms with Crippen LogP contribution < -0.4 is 9.64 Å². The third-order valence-electron chi connectivity index (χ3n) is 6.71. The molecule has 2 heterocycles. The monoisotopic (exact) mass is 456 g/mol. The van der Waals surface area contributed by atoms with Crippen LogP contribution in [0.3, 0.4) is 0 Å². The first-order valence-corrected chi connectivity index (χ1v) is 11.4. The van der Waals surface area contributed by atoms with Gasteiger partial charge in [-0.2, -0.15) is 0 Å². The molecule has 6 heteroatoms. The molecule has 0 radical (unpaired) electrons. The van der Waals surface area contributed by atoms with Crippen LogP contribution in [0.25, 0.3) is 21.9 Å². The smallest absolute Gasteiger partial charge is 0.133 e. The molecule has 0 saturated heterocycles. The van der Waals surface area contributed by atoms with Gasteiger partial charge in [-0.1, -0.05) is 18.2 Å². The fraction of sp³-hybridized carbons (Fsp3) is 0.250. The molecule has 0 saturated carbocycles. The highest BCUT2D eigenvalue weighted by Gasteiger charge is 2.25. The Morgan fingerprint density at radius 3 is 2.65 bits per heavy atom. The number of hydrogen-bond acceptors (Lipinski definition) is 6. The minimum absolute atomic E-state index is 0.176. The van der Waals surface area contributed by atoms with Crippen LogP contribution in [0.5, 0.6) is 5.75 Å². The fourth-order valence-electron chi connectivity index (χ4n) is 5.01. The summed E-state index contributed by atoms with van der Waals surface area (Å²) in [6.07, 6.45) is 1.90. The summed E-state index contributed by atoms with van der Waals surface area (Å²) < 4.78 is 5.52. The van der Waals surface area contributed by atoms with Gasteiger partial charge in [0.2, 0.25) is 0 Å². The van der Waals surface area contributed by atoms with E-state index in [1.165, 1.54) is 0 Å². The largest absolute Gasteiger partial charge is 0.496 e. The third-order valence-corrected chi connectivity index (χ3v) is 6.71. The van der Waals surface area contributed by atoms with Crippen molar-refractivity contribution in [3.8, 4) is 16.9 Å². The summed E-state index contributed by atoms with van der Waals surface area (Å²) >= 11 is 0. The highest BCUT2D eigenvalue weighted by molar-refractivity contribution is 6.00. The molecule has 1 aliphatic rings. The molecule has 3 N–H and O–H groups in total. The van der Waals surface area contributed by atoms with Crippen LogP contribution in [-0.4, -0.2) is 34.0 Å². The highest BCUT2D eigenvalue weighted by Crippen LogP contribution is 2.41. The number of aliphatic hydroxyl groups excluding tert-OH is 3. The fourth-order valence-corrected chi connectivity index (χ4v) is 5.01. The predicted octanol–water partition coefficient (Wildman–Crippen LogP) is 4.78. The summed E-state index contributed by atoms with van der Waals surface area (Å²) in [4.78, 5) is 6.77. The number of pyridine rings is 1. The van der Waals surface area contributed by atoms with Gasteiger partial charge in [0.1, 0.15) is 11.6 Å². The molecule has 3 aromatic carbocycles. The van der Waals surface area contributed by atoms with E-state index in [-0.39, 0.29) is 13.2 Å². The lowest BCUT2D eigenvalue weighted by atomic mass is 9.89. The maximum Gasteiger partial charge on any atom is 0.133 e. The van der Waals surface area contributed by atoms with Crippen molar-refractivity contribution in [2.45, 2.75) is 32.7 Å². The van der Waals surface area contributed by atoms with Gasteiger partial charge in [-0.3, -0.25) is 0 Å². The van der Waals surface area contributed by atoms with Gasteiger partial charge in [0.25, 0.3) is 0 Å². The number of methoxy groups -OCH3 is 1. The standard InChI is InChI=1S/C28H28N2O4/c1-17-11-22-19(13-26(17)34-2)12-20(15-31)23(16-32)28(22)18-7-9-29-27(14-18)30-10-8-25(33)21-5-3-4-6-24(21)30/h3-7,9,11-14,25,31-33H,8,10,15-16H2,1-2H3/t25-/m0/s1. The molecule has 1 atom stereocenters. The molecule has 6 nitrogen and oxygen atoms in total. The van der Waals surface area contributed by atoms with Gasteiger partial charge in [-0.05, 0) is 88.3 Å². The van der Waals surface area contributed by atoms with Crippen LogP contribution in [-0.2, 0) is 13.2 Å². The summed E-state index contributed by atoms with van der Waals surface area (Å²) in [6.45, 7) is 2.27. The molecule has 1 aromatic heterocycles. The van der Waals surface area contributed by atoms with E-state index in [9.17, 15) is 15.3 Å². The summed E-state index contributed by atoms with van der Waals surface area (Å²) in [5.41, 5.74) is 6.00. The van der Waals surface area contributed by atoms with Crippen molar-refractivity contribution < 1.29 is 20.1 Å². The van der Waals surface area contributed by atoms with Crippen LogP contribution in [0.4, 0.5) is 11.5 Å². The number of aliphatic hydroxyl groups is 3. The Balaban J connectivity index is 1.72. The minimum atomic E-state index is -0.486. The first kappa shape index (κ1) is 22.3. The second-order valence-electron chi connectivity index (χ2n) is 8.67. The quantitative estimate of drug-likeness (QED) is 0.401. The van der Waals surface area contributed by atoms with Crippen molar-refractivity contribution in [1.29, 1.82) is 0 Å². The maximum atomic E-state index is 10.5. The van der Waals surface area contributed by atoms with Gasteiger partial charge in [0.15, 0.2) is 0 Å². The number of ether oxygens (including phenoxy) is 1. The predicted molar refractivity (Wildman–Crippen MR) is 133 cm³/mol. The van der Waals surface area contributed by atoms with E-state index in [4.69, 9.17) is 4.74 Å². The zero-order valence-electron chi connectivity index (χ0n) is 19.3. The Morgan fingerprint density at radius 1 is 1.06 bits per heavy atom. The molecule has 174 valence electrons. The highest BCUT2D eigenvalue weighted by atomic mass is 16.5. The van der Waals surface area contributed by atoms with E-state index < -0.39 is 6.10 Å². The van der Waals surface area contributed by atoms with E-state index >= 15 is 0 Å². The van der Waals surface area contributed by atoms with Crippen molar-refractivity contribution >= 4 is 22.3 Å². The topological polar surface area (TPSA) is 86.0 Å². The summed E-state index contributed by atoms with van der Waals surface area (Å²) in [7, 11) is 1.65. The zero-order valence-corrected chi connectivity index (χ0v) is 19.3. The SMILES string of the molecule is COc1cc2cc(CO)c(CO)c(-c3ccnc(N4CC[C@H](O)c5ccccc54)c3)c2cc1C. The minimum Gasteiger partial charge on any atom is -0.496 e. The Bertz CT molecular complexity index is 1370. The average molecular weight is 457 g/mol. The molecule has 0 fully saturated rings. The molecule has 0 bridgehead atoms. The van der Waals surface area contributed by atoms with E-state index in [2.05, 4.69) is 16.0 Å². The third kappa shape index (κ3) is 3.70. The lowest BCUT2D eigenvalue weighted by molar-refractivity contribution is 0.165. The second-order valence-corrected chi connectivity index (χ2v) is 8.67. The Kier molecular flexibility index (Phi) is 5.96. The maximum absolute atomic E-state index is 10.5. The number of benzene rings is 3. The van der Waals surface area contributed by atoms with Crippen LogP contribution in [0.2, 0.25) is 0 Å². The summed E-state index contributed by atoms with van der Waals surface area (Å²) in [5, 5.41) is 32.8. The number of hydrogen-bond donors (Lipinski definition) is 3. The van der Waals surface area contributed by atoms with E-state index in [1.54, 1.807) is 13.3 Å².